The summed E-state index contributed by atoms with van der Waals surface area (Å²) in [5, 5.41) is 3.34. The Labute approximate surface area is 168 Å². The Morgan fingerprint density at radius 1 is 1.32 bits per heavy atom. The molecule has 2 saturated heterocycles. The van der Waals surface area contributed by atoms with Crippen molar-refractivity contribution in [3.8, 4) is 0 Å². The molecule has 2 unspecified atom stereocenters. The number of guanidine groups is 1. The first-order chi connectivity index (χ1) is 11.6. The second-order valence-electron chi connectivity index (χ2n) is 6.92. The van der Waals surface area contributed by atoms with Crippen LogP contribution in [0.3, 0.4) is 0 Å². The molecule has 25 heavy (non-hydrogen) atoms. The maximum atomic E-state index is 11.6. The van der Waals surface area contributed by atoms with E-state index in [0.717, 1.165) is 45.0 Å². The lowest BCUT2D eigenvalue weighted by Crippen LogP contribution is -2.43. The lowest BCUT2D eigenvalue weighted by atomic mass is 10.1. The Kier molecular flexibility index (Phi) is 7.75. The molecule has 6 nitrogen and oxygen atoms in total. The zero-order valence-electron chi connectivity index (χ0n) is 14.6. The average Bonchev–Trinajstić information content (AvgIpc) is 3.27. The number of rotatable bonds is 5. The molecule has 0 aromatic rings. The van der Waals surface area contributed by atoms with Gasteiger partial charge in [0.2, 0.25) is 0 Å². The fourth-order valence-electron chi connectivity index (χ4n) is 3.69. The predicted octanol–water partition coefficient (Wildman–Crippen LogP) is 1.12. The summed E-state index contributed by atoms with van der Waals surface area (Å²) in [6, 6.07) is 0.572. The molecule has 2 fully saturated rings. The minimum Gasteiger partial charge on any atom is -0.353 e. The first-order valence-corrected chi connectivity index (χ1v) is 10.6. The van der Waals surface area contributed by atoms with Crippen LogP contribution in [0, 0.1) is 5.92 Å². The third-order valence-corrected chi connectivity index (χ3v) is 6.89. The first kappa shape index (κ1) is 20.7. The van der Waals surface area contributed by atoms with Crippen molar-refractivity contribution in [2.75, 3.05) is 50.8 Å². The highest BCUT2D eigenvalue weighted by molar-refractivity contribution is 14.0. The SMILES string of the molecule is C=CCNC(=NCC1CCS(=O)(=O)C1)N1CCC(N2CC=CC2)C1.I. The van der Waals surface area contributed by atoms with Gasteiger partial charge in [0, 0.05) is 45.3 Å². The largest absolute Gasteiger partial charge is 0.353 e. The maximum absolute atomic E-state index is 11.6. The van der Waals surface area contributed by atoms with Gasteiger partial charge in [-0.2, -0.15) is 0 Å². The Hall–Kier alpha value is -0.610. The van der Waals surface area contributed by atoms with Crippen LogP contribution in [0.1, 0.15) is 12.8 Å². The highest BCUT2D eigenvalue weighted by Crippen LogP contribution is 2.20. The topological polar surface area (TPSA) is 65.0 Å². The van der Waals surface area contributed by atoms with Crippen molar-refractivity contribution < 1.29 is 8.42 Å². The van der Waals surface area contributed by atoms with E-state index in [4.69, 9.17) is 4.99 Å². The molecule has 0 amide bonds. The van der Waals surface area contributed by atoms with Gasteiger partial charge >= 0.3 is 0 Å². The summed E-state index contributed by atoms with van der Waals surface area (Å²) in [5.74, 6) is 1.66. The Morgan fingerprint density at radius 3 is 2.72 bits per heavy atom. The molecule has 0 aromatic heterocycles. The number of likely N-dealkylation sites (tertiary alicyclic amines) is 1. The molecule has 0 saturated carbocycles. The minimum absolute atomic E-state index is 0. The molecule has 3 aliphatic rings. The molecule has 142 valence electrons. The van der Waals surface area contributed by atoms with Crippen molar-refractivity contribution in [1.29, 1.82) is 0 Å². The number of nitrogens with zero attached hydrogens (tertiary/aromatic N) is 3. The lowest BCUT2D eigenvalue weighted by molar-refractivity contribution is 0.259. The molecule has 3 rings (SSSR count). The molecule has 0 radical (unpaired) electrons. The highest BCUT2D eigenvalue weighted by Gasteiger charge is 2.31. The fraction of sp³-hybridized carbons (Fsp3) is 0.706. The van der Waals surface area contributed by atoms with E-state index >= 15 is 0 Å². The number of sulfone groups is 1. The Bertz CT molecular complexity index is 612. The highest BCUT2D eigenvalue weighted by atomic mass is 127. The van der Waals surface area contributed by atoms with Crippen molar-refractivity contribution in [2.24, 2.45) is 10.9 Å². The van der Waals surface area contributed by atoms with E-state index in [2.05, 4.69) is 33.8 Å². The summed E-state index contributed by atoms with van der Waals surface area (Å²) >= 11 is 0. The van der Waals surface area contributed by atoms with E-state index in [1.54, 1.807) is 0 Å². The smallest absolute Gasteiger partial charge is 0.194 e. The van der Waals surface area contributed by atoms with Gasteiger partial charge in [0.05, 0.1) is 11.5 Å². The fourth-order valence-corrected chi connectivity index (χ4v) is 5.54. The van der Waals surface area contributed by atoms with Crippen LogP contribution in [0.4, 0.5) is 0 Å². The lowest BCUT2D eigenvalue weighted by Gasteiger charge is -2.25. The molecule has 0 aromatic carbocycles. The van der Waals surface area contributed by atoms with Gasteiger partial charge in [0.1, 0.15) is 0 Å². The summed E-state index contributed by atoms with van der Waals surface area (Å²) < 4.78 is 23.2. The third-order valence-electron chi connectivity index (χ3n) is 5.06. The van der Waals surface area contributed by atoms with Crippen LogP contribution in [0.15, 0.2) is 29.8 Å². The number of halogens is 1. The summed E-state index contributed by atoms with van der Waals surface area (Å²) in [5.41, 5.74) is 0. The molecule has 3 heterocycles. The second kappa shape index (κ2) is 9.36. The average molecular weight is 480 g/mol. The summed E-state index contributed by atoms with van der Waals surface area (Å²) in [4.78, 5) is 9.53. The molecular weight excluding hydrogens is 451 g/mol. The van der Waals surface area contributed by atoms with Crippen molar-refractivity contribution in [3.63, 3.8) is 0 Å². The molecule has 3 aliphatic heterocycles. The van der Waals surface area contributed by atoms with Crippen LogP contribution in [-0.2, 0) is 9.84 Å². The van der Waals surface area contributed by atoms with Crippen LogP contribution in [0.2, 0.25) is 0 Å². The van der Waals surface area contributed by atoms with Crippen LogP contribution in [0.25, 0.3) is 0 Å². The van der Waals surface area contributed by atoms with Gasteiger partial charge in [-0.3, -0.25) is 9.89 Å². The van der Waals surface area contributed by atoms with Crippen LogP contribution < -0.4 is 5.32 Å². The summed E-state index contributed by atoms with van der Waals surface area (Å²) in [6.07, 6.45) is 8.17. The zero-order valence-corrected chi connectivity index (χ0v) is 17.8. The van der Waals surface area contributed by atoms with Crippen molar-refractivity contribution in [1.82, 2.24) is 15.1 Å². The van der Waals surface area contributed by atoms with E-state index in [0.29, 0.717) is 24.9 Å². The van der Waals surface area contributed by atoms with Gasteiger partial charge in [-0.1, -0.05) is 18.2 Å². The van der Waals surface area contributed by atoms with Gasteiger partial charge in [0.15, 0.2) is 15.8 Å². The summed E-state index contributed by atoms with van der Waals surface area (Å²) in [7, 11) is -2.83. The van der Waals surface area contributed by atoms with E-state index in [1.807, 2.05) is 6.08 Å². The predicted molar refractivity (Wildman–Crippen MR) is 113 cm³/mol. The van der Waals surface area contributed by atoms with Gasteiger partial charge in [-0.05, 0) is 18.8 Å². The Balaban J connectivity index is 0.00000225. The van der Waals surface area contributed by atoms with E-state index in [1.165, 1.54) is 0 Å². The molecular formula is C17H29IN4O2S. The first-order valence-electron chi connectivity index (χ1n) is 8.81. The third kappa shape index (κ3) is 5.68. The van der Waals surface area contributed by atoms with Crippen molar-refractivity contribution >= 4 is 39.8 Å². The van der Waals surface area contributed by atoms with Gasteiger partial charge < -0.3 is 10.2 Å². The quantitative estimate of drug-likeness (QED) is 0.277. The summed E-state index contributed by atoms with van der Waals surface area (Å²) in [6.45, 7) is 9.09. The number of hydrogen-bond donors (Lipinski definition) is 1. The monoisotopic (exact) mass is 480 g/mol. The molecule has 0 aliphatic carbocycles. The standard InChI is InChI=1S/C17H28N4O2S.HI/c1-2-7-18-17(19-12-15-6-11-24(22,23)14-15)21-10-5-16(13-21)20-8-3-4-9-20;/h2-4,15-16H,1,5-14H2,(H,18,19);1H. The van der Waals surface area contributed by atoms with E-state index < -0.39 is 9.84 Å². The number of nitrogens with one attached hydrogen (secondary N) is 1. The van der Waals surface area contributed by atoms with Crippen LogP contribution in [0.5, 0.6) is 0 Å². The molecule has 8 heteroatoms. The molecule has 0 spiro atoms. The van der Waals surface area contributed by atoms with Crippen molar-refractivity contribution in [3.05, 3.63) is 24.8 Å². The van der Waals surface area contributed by atoms with Crippen LogP contribution in [-0.4, -0.2) is 81.0 Å². The minimum atomic E-state index is -2.83. The number of hydrogen-bond acceptors (Lipinski definition) is 4. The van der Waals surface area contributed by atoms with Gasteiger partial charge in [-0.15, -0.1) is 30.6 Å². The normalized spacial score (nSPS) is 29.0. The van der Waals surface area contributed by atoms with Crippen LogP contribution >= 0.6 is 24.0 Å². The van der Waals surface area contributed by atoms with Gasteiger partial charge in [0.25, 0.3) is 0 Å². The van der Waals surface area contributed by atoms with E-state index in [9.17, 15) is 8.42 Å². The van der Waals surface area contributed by atoms with Gasteiger partial charge in [-0.25, -0.2) is 8.42 Å². The maximum Gasteiger partial charge on any atom is 0.194 e. The number of aliphatic imine (C=N–C) groups is 1. The van der Waals surface area contributed by atoms with Crippen molar-refractivity contribution in [2.45, 2.75) is 18.9 Å². The molecule has 1 N–H and O–H groups in total. The molecule has 2 atom stereocenters. The zero-order chi connectivity index (χ0) is 17.0. The second-order valence-corrected chi connectivity index (χ2v) is 9.15. The Morgan fingerprint density at radius 2 is 2.08 bits per heavy atom. The van der Waals surface area contributed by atoms with E-state index in [-0.39, 0.29) is 35.6 Å². The molecule has 0 bridgehead atoms.